The zero-order chi connectivity index (χ0) is 13.1. The Morgan fingerprint density at radius 3 is 2.72 bits per heavy atom. The number of ether oxygens (including phenoxy) is 1. The van der Waals surface area contributed by atoms with Gasteiger partial charge in [-0.05, 0) is 33.1 Å². The van der Waals surface area contributed by atoms with Crippen molar-refractivity contribution in [2.24, 2.45) is 0 Å². The minimum atomic E-state index is 0.0654. The van der Waals surface area contributed by atoms with E-state index in [2.05, 4.69) is 21.8 Å². The largest absolute Gasteiger partial charge is 0.473 e. The Morgan fingerprint density at radius 1 is 1.44 bits per heavy atom. The average Bonchev–Trinajstić information content (AvgIpc) is 3.13. The Labute approximate surface area is 108 Å². The fourth-order valence-corrected chi connectivity index (χ4v) is 2.01. The third-order valence-corrected chi connectivity index (χ3v) is 2.90. The van der Waals surface area contributed by atoms with Crippen LogP contribution in [0, 0.1) is 0 Å². The van der Waals surface area contributed by atoms with Gasteiger partial charge in [-0.25, -0.2) is 4.98 Å². The fraction of sp³-hybridized carbons (Fsp3) is 0.692. The van der Waals surface area contributed by atoms with Crippen LogP contribution in [0.15, 0.2) is 6.33 Å². The molecule has 0 aromatic carbocycles. The maximum absolute atomic E-state index is 6.14. The van der Waals surface area contributed by atoms with E-state index in [-0.39, 0.29) is 6.10 Å². The van der Waals surface area contributed by atoms with Crippen molar-refractivity contribution in [3.63, 3.8) is 0 Å². The predicted molar refractivity (Wildman–Crippen MR) is 72.9 cm³/mol. The first-order chi connectivity index (χ1) is 8.63. The predicted octanol–water partition coefficient (Wildman–Crippen LogP) is 2.22. The highest BCUT2D eigenvalue weighted by Gasteiger charge is 2.31. The number of nitrogen functional groups attached to an aromatic ring is 1. The van der Waals surface area contributed by atoms with Crippen molar-refractivity contribution in [3.8, 4) is 5.88 Å². The van der Waals surface area contributed by atoms with Crippen LogP contribution in [0.3, 0.4) is 0 Å². The van der Waals surface area contributed by atoms with Gasteiger partial charge in [-0.2, -0.15) is 4.98 Å². The SMILES string of the molecule is CCCN(c1ncnc(OC(C)C)c1N)C1CC1. The molecule has 100 valence electrons. The van der Waals surface area contributed by atoms with Crippen LogP contribution in [-0.4, -0.2) is 28.7 Å². The van der Waals surface area contributed by atoms with Gasteiger partial charge in [-0.3, -0.25) is 0 Å². The summed E-state index contributed by atoms with van der Waals surface area (Å²) in [5.41, 5.74) is 6.70. The van der Waals surface area contributed by atoms with Gasteiger partial charge >= 0.3 is 0 Å². The normalized spacial score (nSPS) is 14.9. The van der Waals surface area contributed by atoms with Crippen LogP contribution in [0.2, 0.25) is 0 Å². The molecule has 0 amide bonds. The smallest absolute Gasteiger partial charge is 0.242 e. The van der Waals surface area contributed by atoms with Gasteiger partial charge in [0, 0.05) is 12.6 Å². The molecule has 0 spiro atoms. The zero-order valence-corrected chi connectivity index (χ0v) is 11.4. The lowest BCUT2D eigenvalue weighted by atomic mass is 10.3. The molecule has 0 bridgehead atoms. The van der Waals surface area contributed by atoms with Crippen LogP contribution in [-0.2, 0) is 0 Å². The molecule has 0 atom stereocenters. The van der Waals surface area contributed by atoms with Gasteiger partial charge in [0.05, 0.1) is 6.10 Å². The number of hydrogen-bond donors (Lipinski definition) is 1. The van der Waals surface area contributed by atoms with Gasteiger partial charge in [-0.15, -0.1) is 0 Å². The zero-order valence-electron chi connectivity index (χ0n) is 11.4. The van der Waals surface area contributed by atoms with Gasteiger partial charge in [0.2, 0.25) is 5.88 Å². The maximum atomic E-state index is 6.14. The number of aromatic nitrogens is 2. The monoisotopic (exact) mass is 250 g/mol. The quantitative estimate of drug-likeness (QED) is 0.838. The third-order valence-electron chi connectivity index (χ3n) is 2.90. The van der Waals surface area contributed by atoms with Crippen LogP contribution in [0.4, 0.5) is 11.5 Å². The Hall–Kier alpha value is -1.52. The molecule has 1 fully saturated rings. The van der Waals surface area contributed by atoms with Gasteiger partial charge in [0.25, 0.3) is 0 Å². The number of hydrogen-bond acceptors (Lipinski definition) is 5. The second-order valence-electron chi connectivity index (χ2n) is 5.01. The van der Waals surface area contributed by atoms with E-state index in [1.54, 1.807) is 0 Å². The summed E-state index contributed by atoms with van der Waals surface area (Å²) in [6, 6.07) is 0.592. The van der Waals surface area contributed by atoms with Crippen molar-refractivity contribution in [1.29, 1.82) is 0 Å². The molecule has 1 aromatic rings. The second-order valence-corrected chi connectivity index (χ2v) is 5.01. The summed E-state index contributed by atoms with van der Waals surface area (Å²) in [6.45, 7) is 7.07. The molecule has 5 nitrogen and oxygen atoms in total. The first-order valence-electron chi connectivity index (χ1n) is 6.67. The Kier molecular flexibility index (Phi) is 3.89. The second kappa shape index (κ2) is 5.42. The molecule has 0 aliphatic heterocycles. The molecule has 0 unspecified atom stereocenters. The maximum Gasteiger partial charge on any atom is 0.242 e. The van der Waals surface area contributed by atoms with Crippen LogP contribution in [0.1, 0.15) is 40.0 Å². The molecule has 18 heavy (non-hydrogen) atoms. The summed E-state index contributed by atoms with van der Waals surface area (Å²) in [7, 11) is 0. The van der Waals surface area contributed by atoms with E-state index in [1.807, 2.05) is 13.8 Å². The van der Waals surface area contributed by atoms with E-state index < -0.39 is 0 Å². The number of rotatable bonds is 6. The minimum Gasteiger partial charge on any atom is -0.473 e. The highest BCUT2D eigenvalue weighted by Crippen LogP contribution is 2.36. The minimum absolute atomic E-state index is 0.0654. The molecular formula is C13H22N4O. The van der Waals surface area contributed by atoms with E-state index in [1.165, 1.54) is 19.2 Å². The van der Waals surface area contributed by atoms with E-state index in [0.717, 1.165) is 18.8 Å². The first-order valence-corrected chi connectivity index (χ1v) is 6.67. The lowest BCUT2D eigenvalue weighted by Crippen LogP contribution is -2.28. The molecule has 1 saturated carbocycles. The number of anilines is 2. The summed E-state index contributed by atoms with van der Waals surface area (Å²) in [5.74, 6) is 1.32. The lowest BCUT2D eigenvalue weighted by molar-refractivity contribution is 0.234. The Balaban J connectivity index is 2.25. The molecule has 0 radical (unpaired) electrons. The summed E-state index contributed by atoms with van der Waals surface area (Å²) >= 11 is 0. The van der Waals surface area contributed by atoms with E-state index >= 15 is 0 Å². The summed E-state index contributed by atoms with van der Waals surface area (Å²) in [4.78, 5) is 10.7. The summed E-state index contributed by atoms with van der Waals surface area (Å²) in [6.07, 6.45) is 5.14. The molecule has 2 N–H and O–H groups in total. The van der Waals surface area contributed by atoms with Gasteiger partial charge in [0.15, 0.2) is 5.82 Å². The lowest BCUT2D eigenvalue weighted by Gasteiger charge is -2.24. The molecular weight excluding hydrogens is 228 g/mol. The Morgan fingerprint density at radius 2 is 2.17 bits per heavy atom. The van der Waals surface area contributed by atoms with E-state index in [0.29, 0.717) is 17.6 Å². The van der Waals surface area contributed by atoms with Crippen LogP contribution >= 0.6 is 0 Å². The van der Waals surface area contributed by atoms with Crippen molar-refractivity contribution < 1.29 is 4.74 Å². The molecule has 2 rings (SSSR count). The highest BCUT2D eigenvalue weighted by molar-refractivity contribution is 5.68. The molecule has 0 saturated heterocycles. The number of nitrogens with zero attached hydrogens (tertiary/aromatic N) is 3. The average molecular weight is 250 g/mol. The number of nitrogens with two attached hydrogens (primary N) is 1. The summed E-state index contributed by atoms with van der Waals surface area (Å²) in [5, 5.41) is 0. The summed E-state index contributed by atoms with van der Waals surface area (Å²) < 4.78 is 5.61. The van der Waals surface area contributed by atoms with Gasteiger partial charge < -0.3 is 15.4 Å². The van der Waals surface area contributed by atoms with Crippen molar-refractivity contribution >= 4 is 11.5 Å². The molecule has 1 heterocycles. The first kappa shape index (κ1) is 12.9. The highest BCUT2D eigenvalue weighted by atomic mass is 16.5. The molecule has 1 aliphatic carbocycles. The topological polar surface area (TPSA) is 64.3 Å². The molecule has 1 aromatic heterocycles. The fourth-order valence-electron chi connectivity index (χ4n) is 2.01. The molecule has 1 aliphatic rings. The van der Waals surface area contributed by atoms with Gasteiger partial charge in [-0.1, -0.05) is 6.92 Å². The van der Waals surface area contributed by atoms with Crippen LogP contribution in [0.5, 0.6) is 5.88 Å². The van der Waals surface area contributed by atoms with Crippen molar-refractivity contribution in [2.45, 2.75) is 52.2 Å². The van der Waals surface area contributed by atoms with Crippen LogP contribution in [0.25, 0.3) is 0 Å². The van der Waals surface area contributed by atoms with Crippen molar-refractivity contribution in [2.75, 3.05) is 17.2 Å². The third kappa shape index (κ3) is 2.83. The van der Waals surface area contributed by atoms with Gasteiger partial charge in [0.1, 0.15) is 12.0 Å². The van der Waals surface area contributed by atoms with E-state index in [4.69, 9.17) is 10.5 Å². The Bertz CT molecular complexity index is 404. The standard InChI is InChI=1S/C13H22N4O/c1-4-7-17(10-5-6-10)12-11(14)13(16-8-15-12)18-9(2)3/h8-10H,4-7,14H2,1-3H3. The van der Waals surface area contributed by atoms with E-state index in [9.17, 15) is 0 Å². The van der Waals surface area contributed by atoms with Crippen LogP contribution < -0.4 is 15.4 Å². The van der Waals surface area contributed by atoms with Crippen molar-refractivity contribution in [1.82, 2.24) is 9.97 Å². The van der Waals surface area contributed by atoms with Crippen molar-refractivity contribution in [3.05, 3.63) is 6.33 Å². The molecule has 5 heteroatoms.